The Kier molecular flexibility index (Phi) is 5.44. The van der Waals surface area contributed by atoms with Gasteiger partial charge in [-0.2, -0.15) is 0 Å². The van der Waals surface area contributed by atoms with Gasteiger partial charge in [-0.15, -0.1) is 11.6 Å². The highest BCUT2D eigenvalue weighted by molar-refractivity contribution is 9.10. The number of halogens is 2. The Labute approximate surface area is 116 Å². The van der Waals surface area contributed by atoms with Crippen LogP contribution in [0.2, 0.25) is 0 Å². The van der Waals surface area contributed by atoms with Gasteiger partial charge >= 0.3 is 0 Å². The van der Waals surface area contributed by atoms with Crippen molar-refractivity contribution in [1.29, 1.82) is 0 Å². The first kappa shape index (κ1) is 15.0. The SMILES string of the molecule is CC(Cl)CCN(C)S(=O)(=O)c1cccc(Br)c1. The van der Waals surface area contributed by atoms with Crippen molar-refractivity contribution >= 4 is 37.6 Å². The molecule has 1 aromatic carbocycles. The van der Waals surface area contributed by atoms with Gasteiger partial charge in [-0.1, -0.05) is 22.0 Å². The highest BCUT2D eigenvalue weighted by atomic mass is 79.9. The molecule has 1 aromatic rings. The summed E-state index contributed by atoms with van der Waals surface area (Å²) in [4.78, 5) is 0.289. The molecular weight excluding hydrogens is 326 g/mol. The Morgan fingerprint density at radius 1 is 1.47 bits per heavy atom. The number of rotatable bonds is 5. The van der Waals surface area contributed by atoms with Crippen LogP contribution in [-0.2, 0) is 10.0 Å². The number of hydrogen-bond donors (Lipinski definition) is 0. The summed E-state index contributed by atoms with van der Waals surface area (Å²) in [6, 6.07) is 6.67. The molecule has 0 heterocycles. The highest BCUT2D eigenvalue weighted by Gasteiger charge is 2.20. The maximum absolute atomic E-state index is 12.2. The van der Waals surface area contributed by atoms with Gasteiger partial charge in [0.05, 0.1) is 4.90 Å². The molecule has 0 N–H and O–H groups in total. The molecule has 1 unspecified atom stereocenters. The second-order valence-corrected chi connectivity index (χ2v) is 7.56. The third kappa shape index (κ3) is 4.25. The molecule has 96 valence electrons. The summed E-state index contributed by atoms with van der Waals surface area (Å²) in [5.41, 5.74) is 0. The lowest BCUT2D eigenvalue weighted by atomic mass is 10.3. The van der Waals surface area contributed by atoms with Crippen LogP contribution in [0, 0.1) is 0 Å². The Hall–Kier alpha value is -0.100. The van der Waals surface area contributed by atoms with Crippen LogP contribution in [0.4, 0.5) is 0 Å². The van der Waals surface area contributed by atoms with Gasteiger partial charge in [0.1, 0.15) is 0 Å². The van der Waals surface area contributed by atoms with Gasteiger partial charge in [0.25, 0.3) is 0 Å². The number of alkyl halides is 1. The average Bonchev–Trinajstić information content (AvgIpc) is 2.25. The normalized spacial score (nSPS) is 13.9. The maximum atomic E-state index is 12.2. The fraction of sp³-hybridized carbons (Fsp3) is 0.455. The fourth-order valence-electron chi connectivity index (χ4n) is 1.29. The fourth-order valence-corrected chi connectivity index (χ4v) is 3.17. The smallest absolute Gasteiger partial charge is 0.207 e. The van der Waals surface area contributed by atoms with Crippen molar-refractivity contribution in [2.24, 2.45) is 0 Å². The third-order valence-electron chi connectivity index (χ3n) is 2.35. The lowest BCUT2D eigenvalue weighted by molar-refractivity contribution is 0.460. The standard InChI is InChI=1S/C11H15BrClNO2S/c1-9(13)6-7-14(2)17(15,16)11-5-3-4-10(12)8-11/h3-5,8-9H,6-7H2,1-2H3. The molecule has 0 aliphatic rings. The highest BCUT2D eigenvalue weighted by Crippen LogP contribution is 2.19. The van der Waals surface area contributed by atoms with Gasteiger partial charge in [-0.3, -0.25) is 0 Å². The Bertz CT molecular complexity index is 476. The summed E-state index contributed by atoms with van der Waals surface area (Å²) in [6.07, 6.45) is 0.630. The molecule has 0 saturated heterocycles. The largest absolute Gasteiger partial charge is 0.242 e. The number of benzene rings is 1. The van der Waals surface area contributed by atoms with E-state index in [0.29, 0.717) is 13.0 Å². The first-order chi connectivity index (χ1) is 7.84. The summed E-state index contributed by atoms with van der Waals surface area (Å²) in [5.74, 6) is 0. The molecule has 0 aromatic heterocycles. The Morgan fingerprint density at radius 3 is 2.65 bits per heavy atom. The summed E-state index contributed by atoms with van der Waals surface area (Å²) in [6.45, 7) is 2.26. The van der Waals surface area contributed by atoms with Crippen molar-refractivity contribution in [3.05, 3.63) is 28.7 Å². The summed E-state index contributed by atoms with van der Waals surface area (Å²) in [5, 5.41) is -0.0323. The van der Waals surface area contributed by atoms with Gasteiger partial charge in [0, 0.05) is 23.4 Å². The maximum Gasteiger partial charge on any atom is 0.242 e. The van der Waals surface area contributed by atoms with E-state index in [0.717, 1.165) is 4.47 Å². The quantitative estimate of drug-likeness (QED) is 0.772. The van der Waals surface area contributed by atoms with E-state index in [2.05, 4.69) is 15.9 Å². The van der Waals surface area contributed by atoms with E-state index in [1.165, 1.54) is 4.31 Å². The number of hydrogen-bond acceptors (Lipinski definition) is 2. The first-order valence-electron chi connectivity index (χ1n) is 5.20. The van der Waals surface area contributed by atoms with E-state index >= 15 is 0 Å². The van der Waals surface area contributed by atoms with E-state index in [1.54, 1.807) is 31.3 Å². The molecular formula is C11H15BrClNO2S. The summed E-state index contributed by atoms with van der Waals surface area (Å²) < 4.78 is 26.4. The second kappa shape index (κ2) is 6.18. The average molecular weight is 341 g/mol. The van der Waals surface area contributed by atoms with Crippen molar-refractivity contribution in [3.63, 3.8) is 0 Å². The van der Waals surface area contributed by atoms with Crippen LogP contribution >= 0.6 is 27.5 Å². The molecule has 0 spiro atoms. The van der Waals surface area contributed by atoms with Crippen molar-refractivity contribution in [2.45, 2.75) is 23.6 Å². The Morgan fingerprint density at radius 2 is 2.12 bits per heavy atom. The molecule has 0 radical (unpaired) electrons. The molecule has 6 heteroatoms. The lowest BCUT2D eigenvalue weighted by Crippen LogP contribution is -2.29. The van der Waals surface area contributed by atoms with Crippen LogP contribution in [0.1, 0.15) is 13.3 Å². The van der Waals surface area contributed by atoms with E-state index in [1.807, 2.05) is 6.92 Å². The van der Waals surface area contributed by atoms with Gasteiger partial charge < -0.3 is 0 Å². The minimum absolute atomic E-state index is 0.0323. The number of nitrogens with zero attached hydrogens (tertiary/aromatic N) is 1. The second-order valence-electron chi connectivity index (χ2n) is 3.85. The van der Waals surface area contributed by atoms with Crippen molar-refractivity contribution < 1.29 is 8.42 Å². The van der Waals surface area contributed by atoms with Crippen LogP contribution in [-0.4, -0.2) is 31.7 Å². The van der Waals surface area contributed by atoms with E-state index < -0.39 is 10.0 Å². The molecule has 17 heavy (non-hydrogen) atoms. The third-order valence-corrected chi connectivity index (χ3v) is 4.91. The Balaban J connectivity index is 2.88. The molecule has 0 amide bonds. The minimum Gasteiger partial charge on any atom is -0.207 e. The zero-order valence-electron chi connectivity index (χ0n) is 9.73. The van der Waals surface area contributed by atoms with Crippen LogP contribution < -0.4 is 0 Å². The van der Waals surface area contributed by atoms with E-state index in [4.69, 9.17) is 11.6 Å². The molecule has 0 bridgehead atoms. The predicted octanol–water partition coefficient (Wildman–Crippen LogP) is 3.09. The van der Waals surface area contributed by atoms with Crippen LogP contribution in [0.25, 0.3) is 0 Å². The van der Waals surface area contributed by atoms with Crippen molar-refractivity contribution in [3.8, 4) is 0 Å². The predicted molar refractivity (Wildman–Crippen MR) is 73.9 cm³/mol. The monoisotopic (exact) mass is 339 g/mol. The zero-order chi connectivity index (χ0) is 13.1. The van der Waals surface area contributed by atoms with E-state index in [-0.39, 0.29) is 10.3 Å². The molecule has 3 nitrogen and oxygen atoms in total. The molecule has 1 atom stereocenters. The summed E-state index contributed by atoms with van der Waals surface area (Å²) >= 11 is 9.08. The molecule has 1 rings (SSSR count). The van der Waals surface area contributed by atoms with Crippen molar-refractivity contribution in [1.82, 2.24) is 4.31 Å². The first-order valence-corrected chi connectivity index (χ1v) is 7.87. The van der Waals surface area contributed by atoms with Gasteiger partial charge in [0.15, 0.2) is 0 Å². The topological polar surface area (TPSA) is 37.4 Å². The van der Waals surface area contributed by atoms with Crippen molar-refractivity contribution in [2.75, 3.05) is 13.6 Å². The van der Waals surface area contributed by atoms with Gasteiger partial charge in [0.2, 0.25) is 10.0 Å². The zero-order valence-corrected chi connectivity index (χ0v) is 12.9. The van der Waals surface area contributed by atoms with Crippen LogP contribution in [0.15, 0.2) is 33.6 Å². The molecule has 0 saturated carbocycles. The van der Waals surface area contributed by atoms with Gasteiger partial charge in [-0.05, 0) is 31.5 Å². The minimum atomic E-state index is -3.41. The summed E-state index contributed by atoms with van der Waals surface area (Å²) in [7, 11) is -1.85. The van der Waals surface area contributed by atoms with Crippen LogP contribution in [0.3, 0.4) is 0 Å². The van der Waals surface area contributed by atoms with Crippen LogP contribution in [0.5, 0.6) is 0 Å². The molecule has 0 aliphatic carbocycles. The van der Waals surface area contributed by atoms with E-state index in [9.17, 15) is 8.42 Å². The molecule has 0 aliphatic heterocycles. The number of sulfonamides is 1. The lowest BCUT2D eigenvalue weighted by Gasteiger charge is -2.17. The van der Waals surface area contributed by atoms with Gasteiger partial charge in [-0.25, -0.2) is 12.7 Å². The molecule has 0 fully saturated rings.